The first-order chi connectivity index (χ1) is 10.3. The summed E-state index contributed by atoms with van der Waals surface area (Å²) in [4.78, 5) is 14.9. The molecule has 5 heteroatoms. The highest BCUT2D eigenvalue weighted by Gasteiger charge is 2.20. The molecule has 3 aromatic rings. The number of fused-ring (bicyclic) bond motifs is 3. The Hall–Kier alpha value is -2.01. The van der Waals surface area contributed by atoms with E-state index in [1.807, 2.05) is 30.3 Å². The number of aryl methyl sites for hydroxylation is 2. The normalized spacial score (nSPS) is 14.3. The maximum atomic E-state index is 12.7. The molecular formula is C16H15N3OS. The summed E-state index contributed by atoms with van der Waals surface area (Å²) in [5, 5.41) is 9.19. The van der Waals surface area contributed by atoms with E-state index in [0.29, 0.717) is 6.54 Å². The zero-order valence-electron chi connectivity index (χ0n) is 11.6. The summed E-state index contributed by atoms with van der Waals surface area (Å²) < 4.78 is 1.49. The predicted molar refractivity (Wildman–Crippen MR) is 83.9 cm³/mol. The first-order valence-corrected chi connectivity index (χ1v) is 8.06. The number of rotatable bonds is 2. The summed E-state index contributed by atoms with van der Waals surface area (Å²) in [5.74, 6) is 0. The van der Waals surface area contributed by atoms with E-state index in [-0.39, 0.29) is 5.56 Å². The molecule has 2 heterocycles. The highest BCUT2D eigenvalue weighted by molar-refractivity contribution is 7.18. The van der Waals surface area contributed by atoms with Gasteiger partial charge in [0.1, 0.15) is 0 Å². The van der Waals surface area contributed by atoms with E-state index in [4.69, 9.17) is 0 Å². The minimum Gasteiger partial charge on any atom is -0.267 e. The lowest BCUT2D eigenvalue weighted by Crippen LogP contribution is -2.25. The first-order valence-electron chi connectivity index (χ1n) is 7.25. The highest BCUT2D eigenvalue weighted by atomic mass is 32.1. The first kappa shape index (κ1) is 12.7. The number of aromatic nitrogens is 3. The van der Waals surface area contributed by atoms with Gasteiger partial charge in [-0.05, 0) is 36.8 Å². The van der Waals surface area contributed by atoms with Crippen molar-refractivity contribution in [2.24, 2.45) is 0 Å². The van der Waals surface area contributed by atoms with Gasteiger partial charge in [-0.3, -0.25) is 4.79 Å². The molecule has 4 rings (SSSR count). The van der Waals surface area contributed by atoms with E-state index < -0.39 is 0 Å². The number of thiophene rings is 1. The maximum Gasteiger partial charge on any atom is 0.279 e. The SMILES string of the molecule is O=c1c2c3c(sc2nnn1Cc1ccccc1)CCCC3. The van der Waals surface area contributed by atoms with Gasteiger partial charge in [-0.15, -0.1) is 16.4 Å². The molecule has 0 aliphatic heterocycles. The third-order valence-electron chi connectivity index (χ3n) is 4.02. The number of hydrogen-bond donors (Lipinski definition) is 0. The van der Waals surface area contributed by atoms with Gasteiger partial charge in [-0.1, -0.05) is 35.5 Å². The second kappa shape index (κ2) is 5.07. The van der Waals surface area contributed by atoms with E-state index in [1.54, 1.807) is 11.3 Å². The zero-order chi connectivity index (χ0) is 14.2. The molecule has 0 N–H and O–H groups in total. The molecule has 1 aliphatic carbocycles. The molecule has 0 bridgehead atoms. The maximum absolute atomic E-state index is 12.7. The second-order valence-electron chi connectivity index (χ2n) is 5.43. The van der Waals surface area contributed by atoms with Crippen molar-refractivity contribution in [1.82, 2.24) is 15.0 Å². The molecule has 1 aromatic carbocycles. The molecule has 0 saturated carbocycles. The Morgan fingerprint density at radius 3 is 2.81 bits per heavy atom. The van der Waals surface area contributed by atoms with Crippen molar-refractivity contribution in [2.45, 2.75) is 32.2 Å². The fraction of sp³-hybridized carbons (Fsp3) is 0.312. The molecule has 21 heavy (non-hydrogen) atoms. The lowest BCUT2D eigenvalue weighted by atomic mass is 9.97. The molecule has 106 valence electrons. The van der Waals surface area contributed by atoms with Crippen molar-refractivity contribution in [2.75, 3.05) is 0 Å². The average Bonchev–Trinajstić information content (AvgIpc) is 2.90. The van der Waals surface area contributed by atoms with Crippen LogP contribution in [0.15, 0.2) is 35.1 Å². The summed E-state index contributed by atoms with van der Waals surface area (Å²) >= 11 is 1.64. The van der Waals surface area contributed by atoms with Gasteiger partial charge >= 0.3 is 0 Å². The molecule has 0 amide bonds. The van der Waals surface area contributed by atoms with Crippen LogP contribution in [-0.2, 0) is 19.4 Å². The Balaban J connectivity index is 1.84. The molecule has 0 radical (unpaired) electrons. The van der Waals surface area contributed by atoms with Crippen molar-refractivity contribution in [3.63, 3.8) is 0 Å². The van der Waals surface area contributed by atoms with E-state index in [0.717, 1.165) is 28.6 Å². The van der Waals surface area contributed by atoms with Crippen LogP contribution >= 0.6 is 11.3 Å². The Bertz CT molecular complexity index is 851. The second-order valence-corrected chi connectivity index (χ2v) is 6.51. The van der Waals surface area contributed by atoms with Gasteiger partial charge in [0.2, 0.25) is 0 Å². The van der Waals surface area contributed by atoms with Crippen LogP contribution in [0.1, 0.15) is 28.8 Å². The Kier molecular flexibility index (Phi) is 3.07. The largest absolute Gasteiger partial charge is 0.279 e. The van der Waals surface area contributed by atoms with Crippen molar-refractivity contribution >= 4 is 21.6 Å². The minimum atomic E-state index is 0.00301. The van der Waals surface area contributed by atoms with Gasteiger partial charge in [-0.25, -0.2) is 4.68 Å². The van der Waals surface area contributed by atoms with Crippen LogP contribution in [0.2, 0.25) is 0 Å². The van der Waals surface area contributed by atoms with E-state index >= 15 is 0 Å². The lowest BCUT2D eigenvalue weighted by molar-refractivity contribution is 0.601. The third kappa shape index (κ3) is 2.17. The Morgan fingerprint density at radius 2 is 1.95 bits per heavy atom. The summed E-state index contributed by atoms with van der Waals surface area (Å²) in [5.41, 5.74) is 2.29. The van der Waals surface area contributed by atoms with Gasteiger partial charge in [0, 0.05) is 4.88 Å². The molecule has 1 aliphatic rings. The Morgan fingerprint density at radius 1 is 1.14 bits per heavy atom. The summed E-state index contributed by atoms with van der Waals surface area (Å²) in [6.45, 7) is 0.479. The zero-order valence-corrected chi connectivity index (χ0v) is 12.4. The average molecular weight is 297 g/mol. The van der Waals surface area contributed by atoms with Gasteiger partial charge < -0.3 is 0 Å². The van der Waals surface area contributed by atoms with Crippen LogP contribution in [0.25, 0.3) is 10.2 Å². The Labute approximate surface area is 126 Å². The van der Waals surface area contributed by atoms with Crippen molar-refractivity contribution in [3.8, 4) is 0 Å². The van der Waals surface area contributed by atoms with Crippen LogP contribution in [0.5, 0.6) is 0 Å². The number of hydrogen-bond acceptors (Lipinski definition) is 4. The van der Waals surface area contributed by atoms with Crippen LogP contribution in [-0.4, -0.2) is 15.0 Å². The molecule has 0 saturated heterocycles. The molecular weight excluding hydrogens is 282 g/mol. The summed E-state index contributed by atoms with van der Waals surface area (Å²) in [6, 6.07) is 9.91. The van der Waals surface area contributed by atoms with Crippen LogP contribution in [0.4, 0.5) is 0 Å². The van der Waals surface area contributed by atoms with E-state index in [2.05, 4.69) is 10.3 Å². The monoisotopic (exact) mass is 297 g/mol. The highest BCUT2D eigenvalue weighted by Crippen LogP contribution is 2.33. The molecule has 0 atom stereocenters. The van der Waals surface area contributed by atoms with Crippen molar-refractivity contribution in [3.05, 3.63) is 56.7 Å². The smallest absolute Gasteiger partial charge is 0.267 e. The van der Waals surface area contributed by atoms with Crippen molar-refractivity contribution in [1.29, 1.82) is 0 Å². The standard InChI is InChI=1S/C16H15N3OS/c20-16-14-12-8-4-5-9-13(12)21-15(14)17-18-19(16)10-11-6-2-1-3-7-11/h1-3,6-7H,4-5,8-10H2. The molecule has 0 spiro atoms. The van der Waals surface area contributed by atoms with E-state index in [1.165, 1.54) is 28.0 Å². The van der Waals surface area contributed by atoms with Crippen molar-refractivity contribution < 1.29 is 0 Å². The summed E-state index contributed by atoms with van der Waals surface area (Å²) in [7, 11) is 0. The molecule has 0 fully saturated rings. The van der Waals surface area contributed by atoms with Gasteiger partial charge in [0.05, 0.1) is 11.9 Å². The molecule has 0 unspecified atom stereocenters. The third-order valence-corrected chi connectivity index (χ3v) is 5.20. The fourth-order valence-electron chi connectivity index (χ4n) is 2.97. The topological polar surface area (TPSA) is 47.8 Å². The van der Waals surface area contributed by atoms with Crippen LogP contribution in [0.3, 0.4) is 0 Å². The molecule has 4 nitrogen and oxygen atoms in total. The number of nitrogens with zero attached hydrogens (tertiary/aromatic N) is 3. The van der Waals surface area contributed by atoms with Gasteiger partial charge in [0.25, 0.3) is 5.56 Å². The van der Waals surface area contributed by atoms with Gasteiger partial charge in [-0.2, -0.15) is 0 Å². The summed E-state index contributed by atoms with van der Waals surface area (Å²) in [6.07, 6.45) is 4.46. The number of benzene rings is 1. The molecule has 2 aromatic heterocycles. The van der Waals surface area contributed by atoms with Gasteiger partial charge in [0.15, 0.2) is 4.83 Å². The predicted octanol–water partition coefficient (Wildman–Crippen LogP) is 2.78. The fourth-order valence-corrected chi connectivity index (χ4v) is 4.16. The minimum absolute atomic E-state index is 0.00301. The van der Waals surface area contributed by atoms with E-state index in [9.17, 15) is 4.79 Å². The van der Waals surface area contributed by atoms with Crippen LogP contribution in [0, 0.1) is 0 Å². The van der Waals surface area contributed by atoms with Crippen LogP contribution < -0.4 is 5.56 Å². The quantitative estimate of drug-likeness (QED) is 0.731. The lowest BCUT2D eigenvalue weighted by Gasteiger charge is -2.10.